The maximum absolute atomic E-state index is 11.6. The molecule has 5 heteroatoms. The van der Waals surface area contributed by atoms with Crippen LogP contribution in [-0.2, 0) is 4.79 Å². The van der Waals surface area contributed by atoms with Crippen LogP contribution in [-0.4, -0.2) is 16.9 Å². The van der Waals surface area contributed by atoms with Gasteiger partial charge in [-0.15, -0.1) is 0 Å². The van der Waals surface area contributed by atoms with Gasteiger partial charge in [-0.25, -0.2) is 0 Å². The summed E-state index contributed by atoms with van der Waals surface area (Å²) in [5.74, 6) is -0.265. The highest BCUT2D eigenvalue weighted by Gasteiger charge is 2.11. The Morgan fingerprint density at radius 1 is 1.53 bits per heavy atom. The van der Waals surface area contributed by atoms with Gasteiger partial charge in [-0.3, -0.25) is 9.78 Å². The Hall–Kier alpha value is -1.65. The van der Waals surface area contributed by atoms with Crippen LogP contribution in [0.15, 0.2) is 30.5 Å². The quantitative estimate of drug-likeness (QED) is 0.857. The van der Waals surface area contributed by atoms with E-state index in [1.54, 1.807) is 25.3 Å². The smallest absolute Gasteiger partial charge is 0.241 e. The van der Waals surface area contributed by atoms with Gasteiger partial charge in [0.1, 0.15) is 0 Å². The Kier molecular flexibility index (Phi) is 3.26. The zero-order valence-corrected chi connectivity index (χ0v) is 10.0. The molecule has 0 unspecified atom stereocenters. The summed E-state index contributed by atoms with van der Waals surface area (Å²) in [6.45, 7) is 1.62. The maximum Gasteiger partial charge on any atom is 0.241 e. The Bertz CT molecular complexity index is 569. The molecule has 0 saturated heterocycles. The van der Waals surface area contributed by atoms with E-state index in [1.165, 1.54) is 0 Å². The number of carbonyl (C=O) groups excluding carboxylic acids is 1. The molecule has 1 amide bonds. The highest BCUT2D eigenvalue weighted by atomic mass is 35.5. The summed E-state index contributed by atoms with van der Waals surface area (Å²) < 4.78 is 0. The number of benzene rings is 1. The van der Waals surface area contributed by atoms with E-state index < -0.39 is 6.04 Å². The zero-order valence-electron chi connectivity index (χ0n) is 9.27. The summed E-state index contributed by atoms with van der Waals surface area (Å²) in [5.41, 5.74) is 6.78. The number of halogens is 1. The van der Waals surface area contributed by atoms with E-state index in [0.29, 0.717) is 16.2 Å². The van der Waals surface area contributed by atoms with Gasteiger partial charge >= 0.3 is 0 Å². The average Bonchev–Trinajstić information content (AvgIpc) is 2.28. The predicted molar refractivity (Wildman–Crippen MR) is 69.0 cm³/mol. The van der Waals surface area contributed by atoms with Crippen molar-refractivity contribution in [2.24, 2.45) is 5.73 Å². The van der Waals surface area contributed by atoms with Crippen molar-refractivity contribution in [3.05, 3.63) is 35.5 Å². The largest absolute Gasteiger partial charge is 0.323 e. The number of rotatable bonds is 2. The topological polar surface area (TPSA) is 68.0 Å². The van der Waals surface area contributed by atoms with E-state index in [1.807, 2.05) is 12.1 Å². The highest BCUT2D eigenvalue weighted by molar-refractivity contribution is 6.32. The molecule has 0 aliphatic heterocycles. The molecule has 1 heterocycles. The van der Waals surface area contributed by atoms with E-state index in [9.17, 15) is 4.79 Å². The summed E-state index contributed by atoms with van der Waals surface area (Å²) in [7, 11) is 0. The second kappa shape index (κ2) is 4.69. The Morgan fingerprint density at radius 2 is 2.29 bits per heavy atom. The van der Waals surface area contributed by atoms with Gasteiger partial charge in [0, 0.05) is 16.6 Å². The third-order valence-electron chi connectivity index (χ3n) is 2.34. The van der Waals surface area contributed by atoms with Crippen molar-refractivity contribution in [2.75, 3.05) is 5.32 Å². The van der Waals surface area contributed by atoms with Gasteiger partial charge < -0.3 is 11.1 Å². The predicted octanol–water partition coefficient (Wildman–Crippen LogP) is 2.17. The van der Waals surface area contributed by atoms with Gasteiger partial charge in [0.15, 0.2) is 0 Å². The van der Waals surface area contributed by atoms with Crippen LogP contribution < -0.4 is 11.1 Å². The molecule has 0 saturated carbocycles. The van der Waals surface area contributed by atoms with Crippen molar-refractivity contribution in [3.63, 3.8) is 0 Å². The summed E-state index contributed by atoms with van der Waals surface area (Å²) >= 11 is 5.98. The molecule has 0 spiro atoms. The van der Waals surface area contributed by atoms with Gasteiger partial charge in [0.2, 0.25) is 5.91 Å². The number of amides is 1. The van der Waals surface area contributed by atoms with Crippen LogP contribution in [0.25, 0.3) is 10.9 Å². The molecule has 88 valence electrons. The minimum Gasteiger partial charge on any atom is -0.323 e. The average molecular weight is 250 g/mol. The SMILES string of the molecule is C[C@H](N)C(=O)Nc1cc(Cl)cc2cccnc12. The third-order valence-corrected chi connectivity index (χ3v) is 2.56. The number of anilines is 1. The molecule has 1 aromatic heterocycles. The van der Waals surface area contributed by atoms with Crippen molar-refractivity contribution >= 4 is 34.1 Å². The molecule has 3 N–H and O–H groups in total. The molecule has 1 aromatic carbocycles. The number of fused-ring (bicyclic) bond motifs is 1. The van der Waals surface area contributed by atoms with Crippen LogP contribution in [0.1, 0.15) is 6.92 Å². The summed E-state index contributed by atoms with van der Waals surface area (Å²) in [6, 6.07) is 6.58. The van der Waals surface area contributed by atoms with Crippen LogP contribution in [0, 0.1) is 0 Å². The first kappa shape index (κ1) is 11.8. The van der Waals surface area contributed by atoms with Crippen LogP contribution in [0.2, 0.25) is 5.02 Å². The fourth-order valence-electron chi connectivity index (χ4n) is 1.50. The third kappa shape index (κ3) is 2.54. The minimum atomic E-state index is -0.576. The Balaban J connectivity index is 2.49. The molecule has 0 bridgehead atoms. The van der Waals surface area contributed by atoms with Crippen molar-refractivity contribution in [1.82, 2.24) is 4.98 Å². The monoisotopic (exact) mass is 249 g/mol. The van der Waals surface area contributed by atoms with Gasteiger partial charge in [-0.05, 0) is 25.1 Å². The first-order chi connectivity index (χ1) is 8.08. The van der Waals surface area contributed by atoms with Crippen molar-refractivity contribution in [2.45, 2.75) is 13.0 Å². The standard InChI is InChI=1S/C12H12ClN3O/c1-7(14)12(17)16-10-6-9(13)5-8-3-2-4-15-11(8)10/h2-7H,14H2,1H3,(H,16,17)/t7-/m0/s1. The molecule has 4 nitrogen and oxygen atoms in total. The van der Waals surface area contributed by atoms with Crippen LogP contribution in [0.5, 0.6) is 0 Å². The number of nitrogens with one attached hydrogen (secondary N) is 1. The van der Waals surface area contributed by atoms with Crippen LogP contribution in [0.4, 0.5) is 5.69 Å². The Labute approximate surface area is 104 Å². The second-order valence-electron chi connectivity index (χ2n) is 3.81. The first-order valence-electron chi connectivity index (χ1n) is 5.18. The lowest BCUT2D eigenvalue weighted by molar-refractivity contribution is -0.117. The minimum absolute atomic E-state index is 0.265. The molecular weight excluding hydrogens is 238 g/mol. The number of hydrogen-bond donors (Lipinski definition) is 2. The summed E-state index contributed by atoms with van der Waals surface area (Å²) in [6.07, 6.45) is 1.66. The summed E-state index contributed by atoms with van der Waals surface area (Å²) in [4.78, 5) is 15.8. The van der Waals surface area contributed by atoms with Crippen molar-refractivity contribution in [1.29, 1.82) is 0 Å². The fourth-order valence-corrected chi connectivity index (χ4v) is 1.72. The fraction of sp³-hybridized carbons (Fsp3) is 0.167. The zero-order chi connectivity index (χ0) is 12.4. The van der Waals surface area contributed by atoms with Crippen molar-refractivity contribution in [3.8, 4) is 0 Å². The van der Waals surface area contributed by atoms with Crippen molar-refractivity contribution < 1.29 is 4.79 Å². The first-order valence-corrected chi connectivity index (χ1v) is 5.56. The number of aromatic nitrogens is 1. The lowest BCUT2D eigenvalue weighted by atomic mass is 10.2. The number of carbonyl (C=O) groups is 1. The van der Waals surface area contributed by atoms with Gasteiger partial charge in [-0.1, -0.05) is 17.7 Å². The molecule has 1 atom stereocenters. The molecule has 0 aliphatic rings. The number of hydrogen-bond acceptors (Lipinski definition) is 3. The molecule has 17 heavy (non-hydrogen) atoms. The summed E-state index contributed by atoms with van der Waals surface area (Å²) in [5, 5.41) is 4.14. The maximum atomic E-state index is 11.6. The lowest BCUT2D eigenvalue weighted by Gasteiger charge is -2.10. The molecule has 0 fully saturated rings. The van der Waals surface area contributed by atoms with E-state index in [2.05, 4.69) is 10.3 Å². The van der Waals surface area contributed by atoms with Gasteiger partial charge in [0.25, 0.3) is 0 Å². The molecule has 0 aliphatic carbocycles. The molecule has 0 radical (unpaired) electrons. The number of nitrogens with zero attached hydrogens (tertiary/aromatic N) is 1. The number of pyridine rings is 1. The molecule has 2 rings (SSSR count). The normalized spacial score (nSPS) is 12.4. The second-order valence-corrected chi connectivity index (χ2v) is 4.24. The highest BCUT2D eigenvalue weighted by Crippen LogP contribution is 2.26. The molecule has 2 aromatic rings. The van der Waals surface area contributed by atoms with E-state index >= 15 is 0 Å². The van der Waals surface area contributed by atoms with Crippen LogP contribution >= 0.6 is 11.6 Å². The molecular formula is C12H12ClN3O. The van der Waals surface area contributed by atoms with E-state index in [4.69, 9.17) is 17.3 Å². The number of nitrogens with two attached hydrogens (primary N) is 1. The van der Waals surface area contributed by atoms with Gasteiger partial charge in [0.05, 0.1) is 17.2 Å². The Morgan fingerprint density at radius 3 is 3.00 bits per heavy atom. The van der Waals surface area contributed by atoms with E-state index in [-0.39, 0.29) is 5.91 Å². The van der Waals surface area contributed by atoms with E-state index in [0.717, 1.165) is 5.39 Å². The van der Waals surface area contributed by atoms with Gasteiger partial charge in [-0.2, -0.15) is 0 Å². The van der Waals surface area contributed by atoms with Crippen LogP contribution in [0.3, 0.4) is 0 Å². The lowest BCUT2D eigenvalue weighted by Crippen LogP contribution is -2.32.